The summed E-state index contributed by atoms with van der Waals surface area (Å²) in [6.07, 6.45) is -4.67. The molecule has 0 aliphatic heterocycles. The van der Waals surface area contributed by atoms with Crippen LogP contribution in [0.5, 0.6) is 5.75 Å². The summed E-state index contributed by atoms with van der Waals surface area (Å²) in [5.41, 5.74) is 9.83. The molecule has 1 rings (SSSR count). The van der Waals surface area contributed by atoms with Gasteiger partial charge in [0, 0.05) is 0 Å². The fourth-order valence-electron chi connectivity index (χ4n) is 1.21. The van der Waals surface area contributed by atoms with E-state index in [2.05, 4.69) is 0 Å². The molecule has 0 atom stereocenters. The number of nitrogen functional groups attached to an aromatic ring is 2. The fourth-order valence-corrected chi connectivity index (χ4v) is 1.21. The Hall–Kier alpha value is -1.59. The molecule has 0 bridgehead atoms. The molecule has 3 nitrogen and oxygen atoms in total. The lowest BCUT2D eigenvalue weighted by Gasteiger charge is -2.16. The maximum absolute atomic E-state index is 12.4. The minimum absolute atomic E-state index is 0.100. The molecule has 1 aromatic carbocycles. The first-order valence-corrected chi connectivity index (χ1v) is 4.64. The second-order valence-electron chi connectivity index (χ2n) is 3.65. The molecular formula is C10H13F3N2O. The van der Waals surface area contributed by atoms with Crippen LogP contribution in [-0.2, 0) is 6.18 Å². The van der Waals surface area contributed by atoms with Gasteiger partial charge in [0.15, 0.2) is 5.75 Å². The van der Waals surface area contributed by atoms with Gasteiger partial charge in [-0.1, -0.05) is 0 Å². The second-order valence-corrected chi connectivity index (χ2v) is 3.65. The summed E-state index contributed by atoms with van der Waals surface area (Å²) in [5.74, 6) is 0.100. The summed E-state index contributed by atoms with van der Waals surface area (Å²) in [7, 11) is 0. The average molecular weight is 234 g/mol. The van der Waals surface area contributed by atoms with Gasteiger partial charge < -0.3 is 16.2 Å². The van der Waals surface area contributed by atoms with Crippen LogP contribution in [0.15, 0.2) is 12.1 Å². The number of rotatable bonds is 2. The SMILES string of the molecule is CC(C)Oc1c(N)cc(C(F)(F)F)cc1N. The molecule has 0 spiro atoms. The highest BCUT2D eigenvalue weighted by Gasteiger charge is 2.32. The highest BCUT2D eigenvalue weighted by molar-refractivity contribution is 5.69. The van der Waals surface area contributed by atoms with E-state index in [9.17, 15) is 13.2 Å². The van der Waals surface area contributed by atoms with Crippen LogP contribution >= 0.6 is 0 Å². The molecule has 0 aliphatic rings. The van der Waals surface area contributed by atoms with Crippen LogP contribution in [0.1, 0.15) is 19.4 Å². The van der Waals surface area contributed by atoms with Crippen LogP contribution in [0.3, 0.4) is 0 Å². The number of alkyl halides is 3. The van der Waals surface area contributed by atoms with E-state index in [4.69, 9.17) is 16.2 Å². The van der Waals surface area contributed by atoms with Crippen LogP contribution in [0.2, 0.25) is 0 Å². The zero-order valence-electron chi connectivity index (χ0n) is 8.93. The number of halogens is 3. The molecule has 0 radical (unpaired) electrons. The van der Waals surface area contributed by atoms with Crippen molar-refractivity contribution in [2.75, 3.05) is 11.5 Å². The van der Waals surface area contributed by atoms with Crippen molar-refractivity contribution < 1.29 is 17.9 Å². The van der Waals surface area contributed by atoms with E-state index in [-0.39, 0.29) is 23.2 Å². The van der Waals surface area contributed by atoms with E-state index in [1.807, 2.05) is 0 Å². The molecule has 6 heteroatoms. The minimum Gasteiger partial charge on any atom is -0.487 e. The summed E-state index contributed by atoms with van der Waals surface area (Å²) in [6.45, 7) is 3.47. The minimum atomic E-state index is -4.46. The molecule has 0 aromatic heterocycles. The zero-order valence-corrected chi connectivity index (χ0v) is 8.93. The van der Waals surface area contributed by atoms with Crippen LogP contribution in [-0.4, -0.2) is 6.10 Å². The van der Waals surface area contributed by atoms with Crippen LogP contribution in [0, 0.1) is 0 Å². The van der Waals surface area contributed by atoms with Gasteiger partial charge in [-0.25, -0.2) is 0 Å². The van der Waals surface area contributed by atoms with Gasteiger partial charge in [-0.05, 0) is 26.0 Å². The van der Waals surface area contributed by atoms with E-state index in [0.717, 1.165) is 12.1 Å². The van der Waals surface area contributed by atoms with Crippen LogP contribution < -0.4 is 16.2 Å². The van der Waals surface area contributed by atoms with E-state index >= 15 is 0 Å². The van der Waals surface area contributed by atoms with Crippen molar-refractivity contribution in [3.8, 4) is 5.75 Å². The van der Waals surface area contributed by atoms with Crippen molar-refractivity contribution in [2.45, 2.75) is 26.1 Å². The first-order valence-electron chi connectivity index (χ1n) is 4.64. The van der Waals surface area contributed by atoms with Gasteiger partial charge in [0.05, 0.1) is 23.0 Å². The number of nitrogens with two attached hydrogens (primary N) is 2. The Morgan fingerprint density at radius 2 is 1.56 bits per heavy atom. The van der Waals surface area contributed by atoms with E-state index in [0.29, 0.717) is 0 Å². The third kappa shape index (κ3) is 2.71. The highest BCUT2D eigenvalue weighted by atomic mass is 19.4. The predicted molar refractivity (Wildman–Crippen MR) is 56.0 cm³/mol. The molecule has 0 saturated heterocycles. The van der Waals surface area contributed by atoms with Crippen molar-refractivity contribution in [3.63, 3.8) is 0 Å². The number of hydrogen-bond acceptors (Lipinski definition) is 3. The van der Waals surface area contributed by atoms with Crippen LogP contribution in [0.25, 0.3) is 0 Å². The number of ether oxygens (including phenoxy) is 1. The summed E-state index contributed by atoms with van der Waals surface area (Å²) >= 11 is 0. The number of hydrogen-bond donors (Lipinski definition) is 2. The van der Waals surface area contributed by atoms with E-state index < -0.39 is 11.7 Å². The van der Waals surface area contributed by atoms with Gasteiger partial charge in [-0.3, -0.25) is 0 Å². The largest absolute Gasteiger partial charge is 0.487 e. The molecule has 0 unspecified atom stereocenters. The third-order valence-electron chi connectivity index (χ3n) is 1.83. The van der Waals surface area contributed by atoms with Crippen molar-refractivity contribution in [3.05, 3.63) is 17.7 Å². The summed E-state index contributed by atoms with van der Waals surface area (Å²) in [4.78, 5) is 0. The lowest BCUT2D eigenvalue weighted by atomic mass is 10.1. The number of benzene rings is 1. The molecule has 0 aliphatic carbocycles. The summed E-state index contributed by atoms with van der Waals surface area (Å²) in [5, 5.41) is 0. The quantitative estimate of drug-likeness (QED) is 0.773. The second kappa shape index (κ2) is 4.11. The molecule has 0 fully saturated rings. The van der Waals surface area contributed by atoms with Crippen molar-refractivity contribution in [1.29, 1.82) is 0 Å². The highest BCUT2D eigenvalue weighted by Crippen LogP contribution is 2.38. The van der Waals surface area contributed by atoms with Crippen molar-refractivity contribution in [2.24, 2.45) is 0 Å². The Morgan fingerprint density at radius 1 is 1.12 bits per heavy atom. The van der Waals surface area contributed by atoms with Gasteiger partial charge in [-0.2, -0.15) is 13.2 Å². The topological polar surface area (TPSA) is 61.3 Å². The first kappa shape index (κ1) is 12.5. The lowest BCUT2D eigenvalue weighted by Crippen LogP contribution is -2.12. The summed E-state index contributed by atoms with van der Waals surface area (Å²) in [6, 6.07) is 1.63. The van der Waals surface area contributed by atoms with Gasteiger partial charge in [0.2, 0.25) is 0 Å². The Morgan fingerprint density at radius 3 is 1.88 bits per heavy atom. The predicted octanol–water partition coefficient (Wildman–Crippen LogP) is 2.66. The van der Waals surface area contributed by atoms with Gasteiger partial charge >= 0.3 is 6.18 Å². The molecule has 16 heavy (non-hydrogen) atoms. The molecule has 0 amide bonds. The molecule has 4 N–H and O–H groups in total. The number of anilines is 2. The smallest absolute Gasteiger partial charge is 0.416 e. The lowest BCUT2D eigenvalue weighted by molar-refractivity contribution is -0.137. The maximum Gasteiger partial charge on any atom is 0.416 e. The first-order chi connectivity index (χ1) is 7.21. The van der Waals surface area contributed by atoms with Gasteiger partial charge in [0.1, 0.15) is 0 Å². The third-order valence-corrected chi connectivity index (χ3v) is 1.83. The summed E-state index contributed by atoms with van der Waals surface area (Å²) < 4.78 is 42.4. The molecule has 0 heterocycles. The molecule has 90 valence electrons. The zero-order chi connectivity index (χ0) is 12.5. The van der Waals surface area contributed by atoms with Crippen molar-refractivity contribution in [1.82, 2.24) is 0 Å². The molecule has 1 aromatic rings. The van der Waals surface area contributed by atoms with Crippen molar-refractivity contribution >= 4 is 11.4 Å². The Bertz CT molecular complexity index is 365. The standard InChI is InChI=1S/C10H13F3N2O/c1-5(2)16-9-7(14)3-6(4-8(9)15)10(11,12)13/h3-5H,14-15H2,1-2H3. The Labute approximate surface area is 91.2 Å². The van der Waals surface area contributed by atoms with Gasteiger partial charge in [0.25, 0.3) is 0 Å². The van der Waals surface area contributed by atoms with Crippen LogP contribution in [0.4, 0.5) is 24.5 Å². The monoisotopic (exact) mass is 234 g/mol. The molecular weight excluding hydrogens is 221 g/mol. The van der Waals surface area contributed by atoms with E-state index in [1.165, 1.54) is 0 Å². The average Bonchev–Trinajstić information content (AvgIpc) is 2.09. The Balaban J connectivity index is 3.18. The Kier molecular flexibility index (Phi) is 3.21. The van der Waals surface area contributed by atoms with E-state index in [1.54, 1.807) is 13.8 Å². The molecule has 0 saturated carbocycles. The van der Waals surface area contributed by atoms with Gasteiger partial charge in [-0.15, -0.1) is 0 Å². The normalized spacial score (nSPS) is 11.9. The fraction of sp³-hybridized carbons (Fsp3) is 0.400. The maximum atomic E-state index is 12.4.